The highest BCUT2D eigenvalue weighted by Crippen LogP contribution is 2.13. The van der Waals surface area contributed by atoms with Crippen LogP contribution in [0.3, 0.4) is 0 Å². The molecule has 4 unspecified atom stereocenters. The van der Waals surface area contributed by atoms with E-state index in [1.807, 2.05) is 0 Å². The van der Waals surface area contributed by atoms with E-state index in [-0.39, 0.29) is 25.0 Å². The zero-order chi connectivity index (χ0) is 28.9. The van der Waals surface area contributed by atoms with Crippen molar-refractivity contribution < 1.29 is 44.4 Å². The lowest BCUT2D eigenvalue weighted by molar-refractivity contribution is -0.142. The van der Waals surface area contributed by atoms with Crippen LogP contribution in [-0.2, 0) is 36.8 Å². The fraction of sp³-hybridized carbons (Fsp3) is 0.346. The van der Waals surface area contributed by atoms with Crippen LogP contribution in [0.15, 0.2) is 54.6 Å². The molecule has 9 N–H and O–H groups in total. The average molecular weight is 545 g/mol. The Labute approximate surface area is 224 Å². The van der Waals surface area contributed by atoms with Gasteiger partial charge in [0, 0.05) is 19.3 Å². The van der Waals surface area contributed by atoms with Gasteiger partial charge in [-0.25, -0.2) is 4.79 Å². The number of aliphatic hydroxyl groups is 1. The number of phenolic OH excluding ortho intramolecular Hbond substituents is 1. The minimum atomic E-state index is -1.42. The molecule has 13 heteroatoms. The molecule has 13 nitrogen and oxygen atoms in total. The van der Waals surface area contributed by atoms with Crippen LogP contribution in [0.4, 0.5) is 0 Å². The molecule has 3 amide bonds. The van der Waals surface area contributed by atoms with Gasteiger partial charge >= 0.3 is 11.9 Å². The number of hydrogen-bond acceptors (Lipinski definition) is 8. The van der Waals surface area contributed by atoms with Gasteiger partial charge in [-0.15, -0.1) is 0 Å². The highest BCUT2D eigenvalue weighted by Gasteiger charge is 2.31. The first-order chi connectivity index (χ1) is 18.5. The molecule has 0 radical (unpaired) electrons. The number of benzene rings is 2. The van der Waals surface area contributed by atoms with Crippen molar-refractivity contribution in [2.45, 2.75) is 49.9 Å². The number of aliphatic hydroxyl groups excluding tert-OH is 1. The Balaban J connectivity index is 2.28. The van der Waals surface area contributed by atoms with Crippen LogP contribution in [0.1, 0.15) is 24.0 Å². The van der Waals surface area contributed by atoms with Gasteiger partial charge in [0.1, 0.15) is 29.9 Å². The van der Waals surface area contributed by atoms with Crippen LogP contribution in [0.5, 0.6) is 5.75 Å². The molecule has 0 aromatic heterocycles. The van der Waals surface area contributed by atoms with Crippen molar-refractivity contribution in [2.75, 3.05) is 6.61 Å². The summed E-state index contributed by atoms with van der Waals surface area (Å²) >= 11 is 0. The Morgan fingerprint density at radius 3 is 1.79 bits per heavy atom. The lowest BCUT2D eigenvalue weighted by atomic mass is 10.0. The molecule has 2 aromatic rings. The summed E-state index contributed by atoms with van der Waals surface area (Å²) in [5.74, 6) is -5.23. The van der Waals surface area contributed by atoms with E-state index >= 15 is 0 Å². The summed E-state index contributed by atoms with van der Waals surface area (Å²) in [5, 5.41) is 44.6. The van der Waals surface area contributed by atoms with E-state index < -0.39 is 66.9 Å². The van der Waals surface area contributed by atoms with Crippen molar-refractivity contribution in [2.24, 2.45) is 5.73 Å². The summed E-state index contributed by atoms with van der Waals surface area (Å²) in [7, 11) is 0. The van der Waals surface area contributed by atoms with Crippen molar-refractivity contribution in [1.82, 2.24) is 16.0 Å². The minimum absolute atomic E-state index is 0.0296. The van der Waals surface area contributed by atoms with Crippen molar-refractivity contribution in [1.29, 1.82) is 0 Å². The number of carboxylic acids is 2. The summed E-state index contributed by atoms with van der Waals surface area (Å²) in [6.45, 7) is -0.719. The zero-order valence-corrected chi connectivity index (χ0v) is 20.9. The van der Waals surface area contributed by atoms with Crippen molar-refractivity contribution in [3.8, 4) is 5.75 Å². The van der Waals surface area contributed by atoms with Gasteiger partial charge in [-0.05, 0) is 29.7 Å². The number of nitrogens with one attached hydrogen (secondary N) is 3. The number of aliphatic carboxylic acids is 2. The summed E-state index contributed by atoms with van der Waals surface area (Å²) in [5.41, 5.74) is 6.65. The summed E-state index contributed by atoms with van der Waals surface area (Å²) in [6, 6.07) is 8.89. The van der Waals surface area contributed by atoms with E-state index in [4.69, 9.17) is 15.9 Å². The predicted molar refractivity (Wildman–Crippen MR) is 137 cm³/mol. The number of rotatable bonds is 15. The molecule has 0 heterocycles. The van der Waals surface area contributed by atoms with E-state index in [2.05, 4.69) is 16.0 Å². The van der Waals surface area contributed by atoms with Gasteiger partial charge in [-0.1, -0.05) is 42.5 Å². The van der Waals surface area contributed by atoms with Gasteiger partial charge in [-0.3, -0.25) is 19.2 Å². The highest BCUT2D eigenvalue weighted by molar-refractivity contribution is 5.94. The van der Waals surface area contributed by atoms with Gasteiger partial charge in [0.15, 0.2) is 0 Å². The van der Waals surface area contributed by atoms with Crippen LogP contribution >= 0.6 is 0 Å². The third-order valence-electron chi connectivity index (χ3n) is 5.72. The number of phenols is 1. The van der Waals surface area contributed by atoms with E-state index in [9.17, 15) is 34.2 Å². The maximum atomic E-state index is 13.2. The van der Waals surface area contributed by atoms with Gasteiger partial charge in [0.05, 0.1) is 6.61 Å². The Hall–Kier alpha value is -4.49. The molecule has 0 aliphatic carbocycles. The first-order valence-corrected chi connectivity index (χ1v) is 12.0. The lowest BCUT2D eigenvalue weighted by Crippen LogP contribution is -2.58. The van der Waals surface area contributed by atoms with Gasteiger partial charge in [-0.2, -0.15) is 0 Å². The van der Waals surface area contributed by atoms with Crippen LogP contribution in [-0.4, -0.2) is 80.9 Å². The van der Waals surface area contributed by atoms with Crippen molar-refractivity contribution >= 4 is 29.7 Å². The number of carboxylic acid groups (broad SMARTS) is 2. The molecule has 0 saturated carbocycles. The van der Waals surface area contributed by atoms with Gasteiger partial charge < -0.3 is 42.1 Å². The summed E-state index contributed by atoms with van der Waals surface area (Å²) < 4.78 is 0. The van der Waals surface area contributed by atoms with Gasteiger partial charge in [0.25, 0.3) is 0 Å². The molecule has 0 spiro atoms. The predicted octanol–water partition coefficient (Wildman–Crippen LogP) is -1.10. The normalized spacial score (nSPS) is 13.8. The number of carbonyl (C=O) groups is 5. The van der Waals surface area contributed by atoms with Crippen molar-refractivity contribution in [3.63, 3.8) is 0 Å². The molecular formula is C26H32N4O9. The second-order valence-electron chi connectivity index (χ2n) is 8.80. The molecule has 0 aliphatic heterocycles. The molecular weight excluding hydrogens is 512 g/mol. The second-order valence-corrected chi connectivity index (χ2v) is 8.80. The number of carbonyl (C=O) groups excluding carboxylic acids is 3. The molecule has 0 bridgehead atoms. The second kappa shape index (κ2) is 15.1. The standard InChI is InChI=1S/C26H32N4O9/c27-18(14-31)23(35)28-19(10-11-22(33)34)24(36)29-20(12-16-6-8-17(32)9-7-16)25(37)30-21(26(38)39)13-15-4-2-1-3-5-15/h1-9,18-21,31-32H,10-14,27H2,(H,28,35)(H,29,36)(H,30,37)(H,33,34)(H,38,39). The Kier molecular flexibility index (Phi) is 11.9. The highest BCUT2D eigenvalue weighted by atomic mass is 16.4. The molecule has 210 valence electrons. The monoisotopic (exact) mass is 544 g/mol. The Bertz CT molecular complexity index is 1140. The van der Waals surface area contributed by atoms with E-state index in [0.29, 0.717) is 11.1 Å². The average Bonchev–Trinajstić information content (AvgIpc) is 2.91. The third-order valence-corrected chi connectivity index (χ3v) is 5.72. The topological polar surface area (TPSA) is 228 Å². The van der Waals surface area contributed by atoms with Crippen molar-refractivity contribution in [3.05, 3.63) is 65.7 Å². The Morgan fingerprint density at radius 1 is 0.718 bits per heavy atom. The van der Waals surface area contributed by atoms with Gasteiger partial charge in [0.2, 0.25) is 17.7 Å². The Morgan fingerprint density at radius 2 is 1.23 bits per heavy atom. The van der Waals surface area contributed by atoms with E-state index in [0.717, 1.165) is 0 Å². The third kappa shape index (κ3) is 10.4. The number of amides is 3. The summed E-state index contributed by atoms with van der Waals surface area (Å²) in [6.07, 6.45) is -0.993. The zero-order valence-electron chi connectivity index (χ0n) is 20.9. The van der Waals surface area contributed by atoms with Crippen LogP contribution in [0.2, 0.25) is 0 Å². The molecule has 39 heavy (non-hydrogen) atoms. The van der Waals surface area contributed by atoms with Crippen LogP contribution in [0, 0.1) is 0 Å². The first kappa shape index (κ1) is 30.7. The maximum Gasteiger partial charge on any atom is 0.326 e. The summed E-state index contributed by atoms with van der Waals surface area (Å²) in [4.78, 5) is 61.5. The molecule has 0 saturated heterocycles. The number of hydrogen-bond donors (Lipinski definition) is 8. The fourth-order valence-corrected chi connectivity index (χ4v) is 3.57. The molecule has 0 fully saturated rings. The van der Waals surface area contributed by atoms with Crippen LogP contribution < -0.4 is 21.7 Å². The quantitative estimate of drug-likeness (QED) is 0.135. The molecule has 2 aromatic carbocycles. The lowest BCUT2D eigenvalue weighted by Gasteiger charge is -2.25. The number of aromatic hydroxyl groups is 1. The minimum Gasteiger partial charge on any atom is -0.508 e. The first-order valence-electron chi connectivity index (χ1n) is 12.0. The van der Waals surface area contributed by atoms with E-state index in [1.54, 1.807) is 30.3 Å². The maximum absolute atomic E-state index is 13.2. The molecule has 0 aliphatic rings. The van der Waals surface area contributed by atoms with E-state index in [1.165, 1.54) is 24.3 Å². The number of nitrogens with two attached hydrogens (primary N) is 1. The molecule has 4 atom stereocenters. The van der Waals surface area contributed by atoms with Crippen LogP contribution in [0.25, 0.3) is 0 Å². The molecule has 2 rings (SSSR count). The smallest absolute Gasteiger partial charge is 0.326 e. The fourth-order valence-electron chi connectivity index (χ4n) is 3.57. The largest absolute Gasteiger partial charge is 0.508 e. The SMILES string of the molecule is NC(CO)C(=O)NC(CCC(=O)O)C(=O)NC(Cc1ccc(O)cc1)C(=O)NC(Cc1ccccc1)C(=O)O.